The summed E-state index contributed by atoms with van der Waals surface area (Å²) in [6, 6.07) is 18.7. The fourth-order valence-corrected chi connectivity index (χ4v) is 2.72. The molecule has 1 atom stereocenters. The van der Waals surface area contributed by atoms with E-state index in [1.54, 1.807) is 48.5 Å². The van der Waals surface area contributed by atoms with Crippen molar-refractivity contribution in [2.75, 3.05) is 5.32 Å². The van der Waals surface area contributed by atoms with Gasteiger partial charge in [0.2, 0.25) is 6.10 Å². The summed E-state index contributed by atoms with van der Waals surface area (Å²) in [6.07, 6.45) is -1.18. The van der Waals surface area contributed by atoms with Gasteiger partial charge in [0.15, 0.2) is 0 Å². The first-order valence-corrected chi connectivity index (χ1v) is 8.90. The molecule has 3 aromatic carbocycles. The van der Waals surface area contributed by atoms with Crippen LogP contribution in [0.25, 0.3) is 0 Å². The van der Waals surface area contributed by atoms with Crippen LogP contribution < -0.4 is 5.32 Å². The number of nitrogens with one attached hydrogen (secondary N) is 1. The van der Waals surface area contributed by atoms with E-state index < -0.39 is 23.8 Å². The van der Waals surface area contributed by atoms with Crippen molar-refractivity contribution in [2.24, 2.45) is 0 Å². The van der Waals surface area contributed by atoms with Crippen LogP contribution in [-0.2, 0) is 9.53 Å². The first-order chi connectivity index (χ1) is 13.4. The Morgan fingerprint density at radius 3 is 2.32 bits per heavy atom. The number of hydrogen-bond acceptors (Lipinski definition) is 3. The van der Waals surface area contributed by atoms with Gasteiger partial charge in [-0.05, 0) is 48.9 Å². The predicted octanol–water partition coefficient (Wildman–Crippen LogP) is 5.32. The van der Waals surface area contributed by atoms with Crippen molar-refractivity contribution < 1.29 is 18.7 Å². The molecule has 0 aliphatic rings. The van der Waals surface area contributed by atoms with Crippen molar-refractivity contribution in [3.63, 3.8) is 0 Å². The van der Waals surface area contributed by atoms with E-state index >= 15 is 0 Å². The lowest BCUT2D eigenvalue weighted by atomic mass is 10.1. The Labute approximate surface area is 166 Å². The van der Waals surface area contributed by atoms with Gasteiger partial charge in [0, 0.05) is 16.3 Å². The average Bonchev–Trinajstić information content (AvgIpc) is 2.70. The van der Waals surface area contributed by atoms with Crippen LogP contribution in [0, 0.1) is 12.7 Å². The van der Waals surface area contributed by atoms with Crippen LogP contribution in [0.15, 0.2) is 72.8 Å². The molecule has 3 rings (SSSR count). The van der Waals surface area contributed by atoms with E-state index in [-0.39, 0.29) is 5.56 Å². The Kier molecular flexibility index (Phi) is 6.06. The molecule has 0 fully saturated rings. The molecule has 0 radical (unpaired) electrons. The summed E-state index contributed by atoms with van der Waals surface area (Å²) in [5.74, 6) is -1.72. The molecule has 28 heavy (non-hydrogen) atoms. The maximum absolute atomic E-state index is 13.1. The maximum Gasteiger partial charge on any atom is 0.339 e. The van der Waals surface area contributed by atoms with Crippen LogP contribution in [0.3, 0.4) is 0 Å². The van der Waals surface area contributed by atoms with Gasteiger partial charge in [-0.15, -0.1) is 0 Å². The molecule has 142 valence electrons. The number of hydrogen-bond donors (Lipinski definition) is 1. The molecule has 0 unspecified atom stereocenters. The highest BCUT2D eigenvalue weighted by Gasteiger charge is 2.26. The zero-order valence-electron chi connectivity index (χ0n) is 15.0. The van der Waals surface area contributed by atoms with Crippen molar-refractivity contribution in [1.29, 1.82) is 0 Å². The number of carbonyl (C=O) groups excluding carboxylic acids is 2. The number of amides is 1. The van der Waals surface area contributed by atoms with Gasteiger partial charge < -0.3 is 10.1 Å². The van der Waals surface area contributed by atoms with E-state index in [0.717, 1.165) is 17.7 Å². The van der Waals surface area contributed by atoms with Crippen LogP contribution in [0.1, 0.15) is 27.6 Å². The van der Waals surface area contributed by atoms with Gasteiger partial charge in [0.05, 0.1) is 5.56 Å². The molecule has 0 bridgehead atoms. The second kappa shape index (κ2) is 8.67. The van der Waals surface area contributed by atoms with Gasteiger partial charge in [-0.2, -0.15) is 0 Å². The van der Waals surface area contributed by atoms with Crippen LogP contribution in [-0.4, -0.2) is 11.9 Å². The quantitative estimate of drug-likeness (QED) is 0.592. The zero-order chi connectivity index (χ0) is 20.1. The summed E-state index contributed by atoms with van der Waals surface area (Å²) in [5.41, 5.74) is 2.02. The molecule has 3 aromatic rings. The third-order valence-electron chi connectivity index (χ3n) is 4.08. The molecular weight excluding hydrogens is 381 g/mol. The Balaban J connectivity index is 1.84. The van der Waals surface area contributed by atoms with Gasteiger partial charge in [-0.3, -0.25) is 4.79 Å². The summed E-state index contributed by atoms with van der Waals surface area (Å²) >= 11 is 6.10. The Morgan fingerprint density at radius 2 is 1.68 bits per heavy atom. The second-order valence-corrected chi connectivity index (χ2v) is 6.56. The highest BCUT2D eigenvalue weighted by molar-refractivity contribution is 6.31. The monoisotopic (exact) mass is 397 g/mol. The molecule has 0 aliphatic heterocycles. The van der Waals surface area contributed by atoms with Crippen molar-refractivity contribution in [2.45, 2.75) is 13.0 Å². The lowest BCUT2D eigenvalue weighted by molar-refractivity contribution is -0.125. The number of benzene rings is 3. The topological polar surface area (TPSA) is 55.4 Å². The normalized spacial score (nSPS) is 11.5. The largest absolute Gasteiger partial charge is 0.444 e. The number of aryl methyl sites for hydroxylation is 1. The lowest BCUT2D eigenvalue weighted by Gasteiger charge is -2.18. The van der Waals surface area contributed by atoms with Crippen molar-refractivity contribution >= 4 is 29.2 Å². The smallest absolute Gasteiger partial charge is 0.339 e. The van der Waals surface area contributed by atoms with E-state index in [0.29, 0.717) is 16.3 Å². The van der Waals surface area contributed by atoms with Gasteiger partial charge in [0.25, 0.3) is 5.91 Å². The Bertz CT molecular complexity index is 990. The minimum Gasteiger partial charge on any atom is -0.444 e. The molecular formula is C22H17ClFNO3. The molecule has 1 N–H and O–H groups in total. The van der Waals surface area contributed by atoms with Gasteiger partial charge in [-0.1, -0.05) is 48.0 Å². The number of carbonyl (C=O) groups is 2. The van der Waals surface area contributed by atoms with Gasteiger partial charge in [0.1, 0.15) is 5.82 Å². The molecule has 4 nitrogen and oxygen atoms in total. The molecule has 0 saturated heterocycles. The molecule has 1 amide bonds. The van der Waals surface area contributed by atoms with Crippen molar-refractivity contribution in [3.8, 4) is 0 Å². The number of halogens is 2. The van der Waals surface area contributed by atoms with Crippen LogP contribution >= 0.6 is 11.6 Å². The highest BCUT2D eigenvalue weighted by Crippen LogP contribution is 2.24. The zero-order valence-corrected chi connectivity index (χ0v) is 15.7. The molecule has 6 heteroatoms. The summed E-state index contributed by atoms with van der Waals surface area (Å²) in [7, 11) is 0. The highest BCUT2D eigenvalue weighted by atomic mass is 35.5. The van der Waals surface area contributed by atoms with E-state index in [2.05, 4.69) is 5.32 Å². The molecule has 0 aromatic heterocycles. The molecule has 0 spiro atoms. The number of anilines is 1. The van der Waals surface area contributed by atoms with Gasteiger partial charge >= 0.3 is 5.97 Å². The van der Waals surface area contributed by atoms with Crippen molar-refractivity contribution in [1.82, 2.24) is 0 Å². The summed E-state index contributed by atoms with van der Waals surface area (Å²) in [4.78, 5) is 25.3. The maximum atomic E-state index is 13.1. The second-order valence-electron chi connectivity index (χ2n) is 6.16. The average molecular weight is 398 g/mol. The van der Waals surface area contributed by atoms with E-state index in [1.165, 1.54) is 12.1 Å². The summed E-state index contributed by atoms with van der Waals surface area (Å²) in [6.45, 7) is 1.85. The molecule has 0 heterocycles. The fourth-order valence-electron chi connectivity index (χ4n) is 2.54. The SMILES string of the molecule is Cc1ccc(NC(=O)[C@H](OC(=O)c2ccc(F)cc2)c2ccccc2)cc1Cl. The van der Waals surface area contributed by atoms with Crippen LogP contribution in [0.2, 0.25) is 5.02 Å². The first-order valence-electron chi connectivity index (χ1n) is 8.52. The van der Waals surface area contributed by atoms with E-state index in [4.69, 9.17) is 16.3 Å². The number of ether oxygens (including phenoxy) is 1. The standard InChI is InChI=1S/C22H17ClFNO3/c1-14-7-12-18(13-19(14)23)25-21(26)20(15-5-3-2-4-6-15)28-22(27)16-8-10-17(24)11-9-16/h2-13,20H,1H3,(H,25,26)/t20-/m1/s1. The van der Waals surface area contributed by atoms with E-state index in [9.17, 15) is 14.0 Å². The summed E-state index contributed by atoms with van der Waals surface area (Å²) < 4.78 is 18.5. The number of rotatable bonds is 5. The van der Waals surface area contributed by atoms with Crippen molar-refractivity contribution in [3.05, 3.63) is 100 Å². The molecule has 0 saturated carbocycles. The third kappa shape index (κ3) is 4.75. The third-order valence-corrected chi connectivity index (χ3v) is 4.49. The van der Waals surface area contributed by atoms with E-state index in [1.807, 2.05) is 6.92 Å². The van der Waals surface area contributed by atoms with Gasteiger partial charge in [-0.25, -0.2) is 9.18 Å². The first kappa shape index (κ1) is 19.6. The van der Waals surface area contributed by atoms with Crippen LogP contribution in [0.5, 0.6) is 0 Å². The molecule has 0 aliphatic carbocycles. The minimum atomic E-state index is -1.18. The van der Waals surface area contributed by atoms with Crippen LogP contribution in [0.4, 0.5) is 10.1 Å². The minimum absolute atomic E-state index is 0.147. The number of esters is 1. The predicted molar refractivity (Wildman–Crippen MR) is 106 cm³/mol. The summed E-state index contributed by atoms with van der Waals surface area (Å²) in [5, 5.41) is 3.23. The lowest BCUT2D eigenvalue weighted by Crippen LogP contribution is -2.26. The fraction of sp³-hybridized carbons (Fsp3) is 0.0909. The Morgan fingerprint density at radius 1 is 1.00 bits per heavy atom. The Hall–Kier alpha value is -3.18.